The van der Waals surface area contributed by atoms with Crippen LogP contribution in [0.2, 0.25) is 0 Å². The fourth-order valence-corrected chi connectivity index (χ4v) is 5.57. The van der Waals surface area contributed by atoms with E-state index in [1.165, 1.54) is 27.6 Å². The van der Waals surface area contributed by atoms with Gasteiger partial charge in [0.25, 0.3) is 0 Å². The summed E-state index contributed by atoms with van der Waals surface area (Å²) in [4.78, 5) is 4.91. The smallest absolute Gasteiger partial charge is 0.188 e. The fraction of sp³-hybridized carbons (Fsp3) is 0.321. The molecule has 3 rings (SSSR count). The molecule has 168 valence electrons. The van der Waals surface area contributed by atoms with Gasteiger partial charge in [0, 0.05) is 29.1 Å². The van der Waals surface area contributed by atoms with Gasteiger partial charge >= 0.3 is 0 Å². The molecule has 0 amide bonds. The number of hydrogen-bond acceptors (Lipinski definition) is 3. The molecule has 2 atom stereocenters. The van der Waals surface area contributed by atoms with Crippen LogP contribution in [0.15, 0.2) is 71.7 Å². The van der Waals surface area contributed by atoms with E-state index < -0.39 is 0 Å². The number of ether oxygens (including phenoxy) is 2. The van der Waals surface area contributed by atoms with E-state index in [-0.39, 0.29) is 11.9 Å². The maximum atomic E-state index is 5.97. The topological polar surface area (TPSA) is 30.8 Å². The molecule has 0 N–H and O–H groups in total. The number of aliphatic imine (C=N–C) groups is 1. The summed E-state index contributed by atoms with van der Waals surface area (Å²) in [7, 11) is 2.23. The lowest BCUT2D eigenvalue weighted by Crippen LogP contribution is -2.24. The number of nitrogens with zero attached hydrogens (tertiary/aromatic N) is 1. The van der Waals surface area contributed by atoms with Crippen LogP contribution in [-0.4, -0.2) is 19.6 Å². The molecule has 0 spiro atoms. The molecule has 0 saturated heterocycles. The van der Waals surface area contributed by atoms with E-state index in [0.717, 1.165) is 23.6 Å². The highest BCUT2D eigenvalue weighted by Gasteiger charge is 2.30. The van der Waals surface area contributed by atoms with Crippen molar-refractivity contribution >= 4 is 25.3 Å². The normalized spacial score (nSPS) is 14.0. The highest BCUT2D eigenvalue weighted by molar-refractivity contribution is 7.49. The Kier molecular flexibility index (Phi) is 8.23. The van der Waals surface area contributed by atoms with Crippen molar-refractivity contribution in [2.24, 2.45) is 4.99 Å². The summed E-state index contributed by atoms with van der Waals surface area (Å²) in [5.41, 5.74) is 7.02. The van der Waals surface area contributed by atoms with Gasteiger partial charge in [0.15, 0.2) is 6.79 Å². The summed E-state index contributed by atoms with van der Waals surface area (Å²) in [6, 6.07) is 23.1. The minimum absolute atomic E-state index is 0.0665. The summed E-state index contributed by atoms with van der Waals surface area (Å²) in [6.07, 6.45) is 1.00. The second-order valence-electron chi connectivity index (χ2n) is 8.39. The van der Waals surface area contributed by atoms with Crippen molar-refractivity contribution in [3.8, 4) is 5.75 Å². The molecule has 0 heterocycles. The highest BCUT2D eigenvalue weighted by atomic mass is 31.1. The molecule has 0 aromatic heterocycles. The molecule has 3 nitrogen and oxygen atoms in total. The van der Waals surface area contributed by atoms with Crippen molar-refractivity contribution in [2.75, 3.05) is 13.9 Å². The Morgan fingerprint density at radius 2 is 1.75 bits per heavy atom. The van der Waals surface area contributed by atoms with Crippen LogP contribution in [-0.2, 0) is 9.89 Å². The van der Waals surface area contributed by atoms with Crippen LogP contribution in [0.1, 0.15) is 49.4 Å². The number of methoxy groups -OCH3 is 1. The zero-order chi connectivity index (χ0) is 23.1. The Hall–Kier alpha value is -2.48. The molecule has 0 fully saturated rings. The maximum absolute atomic E-state index is 5.97. The number of benzene rings is 3. The Balaban J connectivity index is 2.06. The lowest BCUT2D eigenvalue weighted by atomic mass is 9.95. The van der Waals surface area contributed by atoms with Crippen LogP contribution in [0.5, 0.6) is 5.75 Å². The van der Waals surface area contributed by atoms with Gasteiger partial charge in [-0.05, 0) is 56.3 Å². The molecule has 0 aliphatic heterocycles. The van der Waals surface area contributed by atoms with Gasteiger partial charge in [-0.1, -0.05) is 76.5 Å². The molecule has 2 unspecified atom stereocenters. The molecular formula is C28H34NO2P. The molecule has 0 saturated carbocycles. The Labute approximate surface area is 194 Å². The van der Waals surface area contributed by atoms with Crippen molar-refractivity contribution < 1.29 is 9.47 Å². The third-order valence-electron chi connectivity index (χ3n) is 5.89. The van der Waals surface area contributed by atoms with Gasteiger partial charge in [0.05, 0.1) is 5.69 Å². The number of rotatable bonds is 9. The van der Waals surface area contributed by atoms with Gasteiger partial charge in [-0.15, -0.1) is 0 Å². The minimum atomic E-state index is -0.0665. The summed E-state index contributed by atoms with van der Waals surface area (Å²) in [5, 5.41) is 1.30. The van der Waals surface area contributed by atoms with Gasteiger partial charge in [-0.3, -0.25) is 4.99 Å². The molecule has 32 heavy (non-hydrogen) atoms. The molecular weight excluding hydrogens is 413 g/mol. The van der Waals surface area contributed by atoms with Crippen molar-refractivity contribution in [2.45, 2.75) is 46.2 Å². The number of aryl methyl sites for hydroxylation is 2. The average molecular weight is 448 g/mol. The second-order valence-corrected chi connectivity index (χ2v) is 10.2. The van der Waals surface area contributed by atoms with Crippen molar-refractivity contribution in [3.63, 3.8) is 0 Å². The maximum Gasteiger partial charge on any atom is 0.188 e. The van der Waals surface area contributed by atoms with Crippen molar-refractivity contribution in [1.82, 2.24) is 0 Å². The quantitative estimate of drug-likeness (QED) is 0.200. The summed E-state index contributed by atoms with van der Waals surface area (Å²) < 4.78 is 11.2. The molecule has 0 radical (unpaired) electrons. The van der Waals surface area contributed by atoms with Crippen molar-refractivity contribution in [1.29, 1.82) is 0 Å². The van der Waals surface area contributed by atoms with E-state index in [0.29, 0.717) is 8.58 Å². The minimum Gasteiger partial charge on any atom is -0.467 e. The number of para-hydroxylation sites is 1. The van der Waals surface area contributed by atoms with Crippen LogP contribution < -0.4 is 10.0 Å². The SMILES string of the molecule is CCC(C)(Pc1c(C)cccc1C(C)=Nc1ccccc1)c1cc(C)ccc1OCOC. The molecule has 3 aromatic carbocycles. The standard InChI is InChI=1S/C28H34NO2P/c1-7-28(5,25-18-20(2)16-17-26(25)31-19-30-6)32-27-21(3)12-11-15-24(27)22(4)29-23-13-9-8-10-14-23/h8-18,32H,7,19H2,1-6H3. The first kappa shape index (κ1) is 24.2. The molecule has 0 aliphatic carbocycles. The van der Waals surface area contributed by atoms with Gasteiger partial charge < -0.3 is 9.47 Å². The van der Waals surface area contributed by atoms with Gasteiger partial charge in [-0.25, -0.2) is 0 Å². The third kappa shape index (κ3) is 5.65. The Bertz CT molecular complexity index is 1080. The van der Waals surface area contributed by atoms with Crippen LogP contribution in [0.3, 0.4) is 0 Å². The van der Waals surface area contributed by atoms with Crippen LogP contribution in [0.4, 0.5) is 5.69 Å². The van der Waals surface area contributed by atoms with Crippen molar-refractivity contribution in [3.05, 3.63) is 89.0 Å². The molecule has 3 aromatic rings. The van der Waals surface area contributed by atoms with Crippen LogP contribution >= 0.6 is 8.58 Å². The molecule has 0 aliphatic rings. The first-order valence-electron chi connectivity index (χ1n) is 11.1. The van der Waals surface area contributed by atoms with Crippen LogP contribution in [0, 0.1) is 13.8 Å². The van der Waals surface area contributed by atoms with Crippen LogP contribution in [0.25, 0.3) is 0 Å². The lowest BCUT2D eigenvalue weighted by molar-refractivity contribution is 0.0500. The summed E-state index contributed by atoms with van der Waals surface area (Å²) >= 11 is 0. The predicted octanol–water partition coefficient (Wildman–Crippen LogP) is 7.06. The van der Waals surface area contributed by atoms with E-state index >= 15 is 0 Å². The third-order valence-corrected chi connectivity index (χ3v) is 7.97. The zero-order valence-corrected chi connectivity index (χ0v) is 21.0. The largest absolute Gasteiger partial charge is 0.467 e. The summed E-state index contributed by atoms with van der Waals surface area (Å²) in [5.74, 6) is 0.902. The van der Waals surface area contributed by atoms with Gasteiger partial charge in [-0.2, -0.15) is 0 Å². The zero-order valence-electron chi connectivity index (χ0n) is 20.0. The van der Waals surface area contributed by atoms with E-state index in [9.17, 15) is 0 Å². The Morgan fingerprint density at radius 1 is 1.00 bits per heavy atom. The van der Waals surface area contributed by atoms with E-state index in [4.69, 9.17) is 14.5 Å². The first-order valence-corrected chi connectivity index (χ1v) is 12.1. The lowest BCUT2D eigenvalue weighted by Gasteiger charge is -2.32. The monoisotopic (exact) mass is 447 g/mol. The van der Waals surface area contributed by atoms with E-state index in [2.05, 4.69) is 71.0 Å². The Morgan fingerprint density at radius 3 is 2.44 bits per heavy atom. The predicted molar refractivity (Wildman–Crippen MR) is 139 cm³/mol. The second kappa shape index (κ2) is 10.9. The summed E-state index contributed by atoms with van der Waals surface area (Å²) in [6.45, 7) is 11.3. The first-order chi connectivity index (χ1) is 15.4. The average Bonchev–Trinajstić information content (AvgIpc) is 2.80. The number of hydrogen-bond donors (Lipinski definition) is 0. The van der Waals surface area contributed by atoms with E-state index in [1.54, 1.807) is 7.11 Å². The van der Waals surface area contributed by atoms with E-state index in [1.807, 2.05) is 30.3 Å². The molecule has 0 bridgehead atoms. The highest BCUT2D eigenvalue weighted by Crippen LogP contribution is 2.48. The fourth-order valence-electron chi connectivity index (χ4n) is 3.84. The molecule has 4 heteroatoms. The van der Waals surface area contributed by atoms with Gasteiger partial charge in [0.1, 0.15) is 5.75 Å². The van der Waals surface area contributed by atoms with Gasteiger partial charge in [0.2, 0.25) is 0 Å².